The Labute approximate surface area is 99.7 Å². The zero-order chi connectivity index (χ0) is 12.6. The fourth-order valence-electron chi connectivity index (χ4n) is 1.53. The molecule has 0 radical (unpaired) electrons. The van der Waals surface area contributed by atoms with Crippen LogP contribution in [0.4, 0.5) is 11.4 Å². The van der Waals surface area contributed by atoms with Gasteiger partial charge in [-0.2, -0.15) is 0 Å². The second-order valence-electron chi connectivity index (χ2n) is 3.40. The lowest BCUT2D eigenvalue weighted by Crippen LogP contribution is -2.04. The monoisotopic (exact) mass is 288 g/mol. The third-order valence-corrected chi connectivity index (χ3v) is 3.71. The summed E-state index contributed by atoms with van der Waals surface area (Å²) in [5.41, 5.74) is 0.368. The molecule has 0 saturated carbocycles. The molecular weight excluding hydrogens is 280 g/mol. The van der Waals surface area contributed by atoms with Gasteiger partial charge in [0.2, 0.25) is 0 Å². The van der Waals surface area contributed by atoms with Gasteiger partial charge in [-0.15, -0.1) is 0 Å². The quantitative estimate of drug-likeness (QED) is 0.618. The number of hydrogen-bond donors (Lipinski definition) is 0. The number of hydrogen-bond acceptors (Lipinski definition) is 4. The van der Waals surface area contributed by atoms with E-state index in [2.05, 4.69) is 15.9 Å². The number of nitro groups is 2. The molecule has 0 aliphatic rings. The molecule has 7 heteroatoms. The molecule has 0 N–H and O–H groups in total. The molecule has 0 aliphatic heterocycles. The molecule has 16 heavy (non-hydrogen) atoms. The van der Waals surface area contributed by atoms with Crippen molar-refractivity contribution in [2.24, 2.45) is 0 Å². The Bertz CT molecular complexity index is 454. The summed E-state index contributed by atoms with van der Waals surface area (Å²) in [6.07, 6.45) is 0. The molecule has 1 rings (SSSR count). The molecule has 0 aromatic heterocycles. The van der Waals surface area contributed by atoms with Crippen LogP contribution in [0, 0.1) is 41.0 Å². The average molecular weight is 289 g/mol. The van der Waals surface area contributed by atoms with E-state index >= 15 is 0 Å². The van der Waals surface area contributed by atoms with Crippen molar-refractivity contribution in [2.75, 3.05) is 0 Å². The highest BCUT2D eigenvalue weighted by Gasteiger charge is 2.32. The number of nitrogens with zero attached hydrogens (tertiary/aromatic N) is 2. The third-order valence-electron chi connectivity index (χ3n) is 2.52. The van der Waals surface area contributed by atoms with E-state index in [9.17, 15) is 20.2 Å². The van der Waals surface area contributed by atoms with Crippen molar-refractivity contribution < 1.29 is 9.85 Å². The van der Waals surface area contributed by atoms with Crippen LogP contribution in [0.2, 0.25) is 0 Å². The second kappa shape index (κ2) is 4.17. The van der Waals surface area contributed by atoms with E-state index in [1.807, 2.05) is 0 Å². The maximum atomic E-state index is 10.8. The summed E-state index contributed by atoms with van der Waals surface area (Å²) < 4.78 is 0.544. The Morgan fingerprint density at radius 1 is 0.875 bits per heavy atom. The van der Waals surface area contributed by atoms with Crippen LogP contribution in [0.25, 0.3) is 0 Å². The lowest BCUT2D eigenvalue weighted by molar-refractivity contribution is -0.423. The van der Waals surface area contributed by atoms with Crippen LogP contribution in [-0.4, -0.2) is 9.85 Å². The van der Waals surface area contributed by atoms with E-state index in [1.54, 1.807) is 6.92 Å². The minimum atomic E-state index is -0.718. The molecule has 1 aromatic carbocycles. The summed E-state index contributed by atoms with van der Waals surface area (Å²) in [5.74, 6) is 0. The molecule has 1 aromatic rings. The molecule has 0 unspecified atom stereocenters. The molecule has 86 valence electrons. The molecule has 0 aliphatic carbocycles. The number of benzene rings is 1. The largest absolute Gasteiger partial charge is 0.350 e. The van der Waals surface area contributed by atoms with E-state index in [0.29, 0.717) is 15.6 Å². The number of halogens is 1. The van der Waals surface area contributed by atoms with Gasteiger partial charge in [0.05, 0.1) is 9.85 Å². The lowest BCUT2D eigenvalue weighted by Gasteiger charge is -2.08. The average Bonchev–Trinajstić information content (AvgIpc) is 2.18. The van der Waals surface area contributed by atoms with Crippen LogP contribution >= 0.6 is 15.9 Å². The first-order valence-corrected chi connectivity index (χ1v) is 5.16. The second-order valence-corrected chi connectivity index (χ2v) is 4.19. The van der Waals surface area contributed by atoms with Crippen molar-refractivity contribution in [1.82, 2.24) is 0 Å². The Morgan fingerprint density at radius 3 is 1.62 bits per heavy atom. The first-order valence-electron chi connectivity index (χ1n) is 4.37. The molecule has 6 nitrogen and oxygen atoms in total. The molecule has 0 fully saturated rings. The van der Waals surface area contributed by atoms with Gasteiger partial charge in [0.25, 0.3) is 0 Å². The highest BCUT2D eigenvalue weighted by atomic mass is 79.9. The van der Waals surface area contributed by atoms with Gasteiger partial charge in [0.15, 0.2) is 0 Å². The van der Waals surface area contributed by atoms with E-state index < -0.39 is 21.2 Å². The predicted molar refractivity (Wildman–Crippen MR) is 61.7 cm³/mol. The van der Waals surface area contributed by atoms with Crippen LogP contribution in [-0.2, 0) is 0 Å². The summed E-state index contributed by atoms with van der Waals surface area (Å²) >= 11 is 3.21. The first kappa shape index (κ1) is 12.6. The van der Waals surface area contributed by atoms with Crippen molar-refractivity contribution in [1.29, 1.82) is 0 Å². The maximum Gasteiger partial charge on any atom is 0.350 e. The molecule has 0 heterocycles. The number of nitro benzene ring substituents is 2. The van der Waals surface area contributed by atoms with Crippen molar-refractivity contribution in [3.8, 4) is 0 Å². The zero-order valence-corrected chi connectivity index (χ0v) is 10.5. The van der Waals surface area contributed by atoms with Gasteiger partial charge in [0.1, 0.15) is 0 Å². The normalized spacial score (nSPS) is 10.2. The summed E-state index contributed by atoms with van der Waals surface area (Å²) in [4.78, 5) is 20.3. The zero-order valence-electron chi connectivity index (χ0n) is 8.91. The standard InChI is InChI=1S/C9H9BrN2O4/c1-4-5(2)8(11(13)14)9(12(15)16)6(3)7(4)10/h1-3H3. The highest BCUT2D eigenvalue weighted by Crippen LogP contribution is 2.40. The third kappa shape index (κ3) is 1.78. The lowest BCUT2D eigenvalue weighted by atomic mass is 10.0. The van der Waals surface area contributed by atoms with Gasteiger partial charge in [0, 0.05) is 15.6 Å². The minimum Gasteiger partial charge on any atom is -0.258 e. The van der Waals surface area contributed by atoms with Crippen LogP contribution in [0.1, 0.15) is 16.7 Å². The van der Waals surface area contributed by atoms with Crippen molar-refractivity contribution in [3.05, 3.63) is 41.4 Å². The summed E-state index contributed by atoms with van der Waals surface area (Å²) in [5, 5.41) is 21.7. The highest BCUT2D eigenvalue weighted by molar-refractivity contribution is 9.10. The van der Waals surface area contributed by atoms with Crippen LogP contribution in [0.5, 0.6) is 0 Å². The van der Waals surface area contributed by atoms with Crippen LogP contribution < -0.4 is 0 Å². The molecule has 0 spiro atoms. The van der Waals surface area contributed by atoms with Crippen molar-refractivity contribution in [2.45, 2.75) is 20.8 Å². The van der Waals surface area contributed by atoms with Gasteiger partial charge >= 0.3 is 11.4 Å². The summed E-state index contributed by atoms with van der Waals surface area (Å²) in [6, 6.07) is 0. The molecule has 0 saturated heterocycles. The SMILES string of the molecule is Cc1c(C)c([N+](=O)[O-])c([N+](=O)[O-])c(C)c1Br. The van der Waals surface area contributed by atoms with Gasteiger partial charge in [-0.1, -0.05) is 0 Å². The van der Waals surface area contributed by atoms with Gasteiger partial charge in [-0.05, 0) is 42.3 Å². The fourth-order valence-corrected chi connectivity index (χ4v) is 2.01. The minimum absolute atomic E-state index is 0.278. The molecule has 0 atom stereocenters. The Hall–Kier alpha value is -1.50. The van der Waals surface area contributed by atoms with E-state index in [0.717, 1.165) is 0 Å². The van der Waals surface area contributed by atoms with Crippen molar-refractivity contribution >= 4 is 27.3 Å². The maximum absolute atomic E-state index is 10.8. The first-order chi connectivity index (χ1) is 7.29. The number of rotatable bonds is 2. The Kier molecular flexibility index (Phi) is 3.27. The van der Waals surface area contributed by atoms with Crippen LogP contribution in [0.15, 0.2) is 4.47 Å². The predicted octanol–water partition coefficient (Wildman–Crippen LogP) is 3.19. The summed E-state index contributed by atoms with van der Waals surface area (Å²) in [6.45, 7) is 4.68. The Morgan fingerprint density at radius 2 is 1.25 bits per heavy atom. The molecule has 0 amide bonds. The Balaban J connectivity index is 3.83. The molecule has 0 bridgehead atoms. The fraction of sp³-hybridized carbons (Fsp3) is 0.333. The van der Waals surface area contributed by atoms with E-state index in [-0.39, 0.29) is 5.56 Å². The van der Waals surface area contributed by atoms with E-state index in [1.165, 1.54) is 13.8 Å². The van der Waals surface area contributed by atoms with Gasteiger partial charge in [-0.3, -0.25) is 20.2 Å². The van der Waals surface area contributed by atoms with E-state index in [4.69, 9.17) is 0 Å². The van der Waals surface area contributed by atoms with Crippen molar-refractivity contribution in [3.63, 3.8) is 0 Å². The van der Waals surface area contributed by atoms with Gasteiger partial charge < -0.3 is 0 Å². The topological polar surface area (TPSA) is 86.3 Å². The van der Waals surface area contributed by atoms with Gasteiger partial charge in [-0.25, -0.2) is 0 Å². The summed E-state index contributed by atoms with van der Waals surface area (Å²) in [7, 11) is 0. The molecular formula is C9H9BrN2O4. The smallest absolute Gasteiger partial charge is 0.258 e. The van der Waals surface area contributed by atoms with Crippen LogP contribution in [0.3, 0.4) is 0 Å².